The summed E-state index contributed by atoms with van der Waals surface area (Å²) in [6.45, 7) is 2.92. The molecule has 0 saturated carbocycles. The summed E-state index contributed by atoms with van der Waals surface area (Å²) in [6.07, 6.45) is 4.38. The number of anilines is 1. The molecule has 0 atom stereocenters. The van der Waals surface area contributed by atoms with Gasteiger partial charge in [0.2, 0.25) is 0 Å². The average molecular weight is 276 g/mol. The van der Waals surface area contributed by atoms with Gasteiger partial charge >= 0.3 is 0 Å². The maximum atomic E-state index is 4.31. The number of thiophene rings is 1. The first-order valence-corrected chi connectivity index (χ1v) is 7.41. The number of rotatable bonds is 4. The minimum Gasteiger partial charge on any atom is -0.368 e. The Balaban J connectivity index is 1.74. The van der Waals surface area contributed by atoms with Gasteiger partial charge in [0.25, 0.3) is 0 Å². The standard InChI is InChI=1S/C12H12N4S2/c1-8-6-18-11-10(8)15-7-16-12(11)14-3-2-9-13-4-5-17-9/h4-7H,2-3H2,1H3,(H,14,15,16). The van der Waals surface area contributed by atoms with Gasteiger partial charge in [-0.1, -0.05) is 0 Å². The van der Waals surface area contributed by atoms with Gasteiger partial charge in [-0.15, -0.1) is 22.7 Å². The van der Waals surface area contributed by atoms with Crippen LogP contribution in [0.25, 0.3) is 10.2 Å². The lowest BCUT2D eigenvalue weighted by Crippen LogP contribution is -2.06. The predicted octanol–water partition coefficient (Wildman–Crippen LogP) is 3.11. The molecule has 0 spiro atoms. The van der Waals surface area contributed by atoms with Gasteiger partial charge in [-0.2, -0.15) is 0 Å². The van der Waals surface area contributed by atoms with E-state index in [2.05, 4.69) is 32.6 Å². The third-order valence-corrected chi connectivity index (χ3v) is 4.58. The molecule has 3 aromatic rings. The van der Waals surface area contributed by atoms with Crippen LogP contribution in [0.3, 0.4) is 0 Å². The van der Waals surface area contributed by atoms with E-state index in [1.807, 2.05) is 11.6 Å². The summed E-state index contributed by atoms with van der Waals surface area (Å²) in [5.41, 5.74) is 2.26. The van der Waals surface area contributed by atoms with Crippen molar-refractivity contribution >= 4 is 38.7 Å². The molecular weight excluding hydrogens is 264 g/mol. The molecule has 0 amide bonds. The van der Waals surface area contributed by atoms with E-state index in [4.69, 9.17) is 0 Å². The Labute approximate surface area is 113 Å². The van der Waals surface area contributed by atoms with Crippen LogP contribution in [0.5, 0.6) is 0 Å². The number of thiazole rings is 1. The van der Waals surface area contributed by atoms with Gasteiger partial charge in [-0.3, -0.25) is 0 Å². The summed E-state index contributed by atoms with van der Waals surface area (Å²) in [6, 6.07) is 0. The topological polar surface area (TPSA) is 50.7 Å². The summed E-state index contributed by atoms with van der Waals surface area (Å²) < 4.78 is 1.13. The molecule has 0 unspecified atom stereocenters. The predicted molar refractivity (Wildman–Crippen MR) is 76.5 cm³/mol. The second-order valence-electron chi connectivity index (χ2n) is 3.92. The Morgan fingerprint density at radius 2 is 2.17 bits per heavy atom. The van der Waals surface area contributed by atoms with Crippen molar-refractivity contribution in [2.24, 2.45) is 0 Å². The van der Waals surface area contributed by atoms with Gasteiger partial charge in [-0.25, -0.2) is 15.0 Å². The van der Waals surface area contributed by atoms with E-state index in [-0.39, 0.29) is 0 Å². The van der Waals surface area contributed by atoms with E-state index in [0.29, 0.717) is 0 Å². The zero-order chi connectivity index (χ0) is 12.4. The molecule has 0 aliphatic carbocycles. The van der Waals surface area contributed by atoms with Gasteiger partial charge in [0, 0.05) is 24.5 Å². The van der Waals surface area contributed by atoms with E-state index >= 15 is 0 Å². The largest absolute Gasteiger partial charge is 0.368 e. The molecule has 0 radical (unpaired) electrons. The van der Waals surface area contributed by atoms with E-state index in [0.717, 1.165) is 34.0 Å². The van der Waals surface area contributed by atoms with E-state index in [1.165, 1.54) is 5.56 Å². The molecule has 0 aliphatic rings. The van der Waals surface area contributed by atoms with Gasteiger partial charge < -0.3 is 5.32 Å². The van der Waals surface area contributed by atoms with Crippen molar-refractivity contribution < 1.29 is 0 Å². The fraction of sp³-hybridized carbons (Fsp3) is 0.250. The molecule has 18 heavy (non-hydrogen) atoms. The molecule has 3 aromatic heterocycles. The number of aryl methyl sites for hydroxylation is 1. The lowest BCUT2D eigenvalue weighted by Gasteiger charge is -2.04. The van der Waals surface area contributed by atoms with E-state index < -0.39 is 0 Å². The normalized spacial score (nSPS) is 10.9. The van der Waals surface area contributed by atoms with Crippen molar-refractivity contribution in [2.45, 2.75) is 13.3 Å². The molecule has 0 saturated heterocycles. The first-order chi connectivity index (χ1) is 8.84. The van der Waals surface area contributed by atoms with Crippen molar-refractivity contribution in [1.29, 1.82) is 0 Å². The Morgan fingerprint density at radius 3 is 3.00 bits per heavy atom. The highest BCUT2D eigenvalue weighted by atomic mass is 32.1. The maximum Gasteiger partial charge on any atom is 0.147 e. The fourth-order valence-corrected chi connectivity index (χ4v) is 3.35. The second kappa shape index (κ2) is 4.99. The molecule has 0 aliphatic heterocycles. The monoisotopic (exact) mass is 276 g/mol. The van der Waals surface area contributed by atoms with Crippen molar-refractivity contribution in [3.8, 4) is 0 Å². The molecule has 92 valence electrons. The molecule has 6 heteroatoms. The summed E-state index contributed by atoms with van der Waals surface area (Å²) >= 11 is 3.37. The number of nitrogens with zero attached hydrogens (tertiary/aromatic N) is 3. The lowest BCUT2D eigenvalue weighted by atomic mass is 10.3. The van der Waals surface area contributed by atoms with Crippen LogP contribution in [-0.4, -0.2) is 21.5 Å². The van der Waals surface area contributed by atoms with Crippen molar-refractivity contribution in [2.75, 3.05) is 11.9 Å². The van der Waals surface area contributed by atoms with Gasteiger partial charge in [0.1, 0.15) is 12.1 Å². The second-order valence-corrected chi connectivity index (χ2v) is 5.78. The Kier molecular flexibility index (Phi) is 3.21. The molecule has 3 heterocycles. The summed E-state index contributed by atoms with van der Waals surface area (Å²) in [5, 5.41) is 8.63. The van der Waals surface area contributed by atoms with Crippen LogP contribution in [0, 0.1) is 6.92 Å². The number of hydrogen-bond donors (Lipinski definition) is 1. The molecule has 4 nitrogen and oxygen atoms in total. The number of nitrogens with one attached hydrogen (secondary N) is 1. The highest BCUT2D eigenvalue weighted by Crippen LogP contribution is 2.28. The van der Waals surface area contributed by atoms with Crippen LogP contribution in [0.15, 0.2) is 23.3 Å². The quantitative estimate of drug-likeness (QED) is 0.795. The summed E-state index contributed by atoms with van der Waals surface area (Å²) in [7, 11) is 0. The third kappa shape index (κ3) is 2.21. The number of aromatic nitrogens is 3. The van der Waals surface area contributed by atoms with Gasteiger partial charge in [0.15, 0.2) is 0 Å². The zero-order valence-corrected chi connectivity index (χ0v) is 11.5. The SMILES string of the molecule is Cc1csc2c(NCCc3nccs3)ncnc12. The fourth-order valence-electron chi connectivity index (χ4n) is 1.76. The zero-order valence-electron chi connectivity index (χ0n) is 9.88. The molecular formula is C12H12N4S2. The molecule has 0 aromatic carbocycles. The van der Waals surface area contributed by atoms with Crippen molar-refractivity contribution in [3.63, 3.8) is 0 Å². The molecule has 0 bridgehead atoms. The van der Waals surface area contributed by atoms with Crippen molar-refractivity contribution in [1.82, 2.24) is 15.0 Å². The lowest BCUT2D eigenvalue weighted by molar-refractivity contribution is 0.988. The minimum absolute atomic E-state index is 0.844. The molecule has 1 N–H and O–H groups in total. The first-order valence-electron chi connectivity index (χ1n) is 5.65. The first kappa shape index (κ1) is 11.6. The van der Waals surface area contributed by atoms with Crippen LogP contribution in [0.2, 0.25) is 0 Å². The minimum atomic E-state index is 0.844. The van der Waals surface area contributed by atoms with Crippen LogP contribution >= 0.6 is 22.7 Å². The maximum absolute atomic E-state index is 4.31. The van der Waals surface area contributed by atoms with Gasteiger partial charge in [-0.05, 0) is 17.9 Å². The Hall–Kier alpha value is -1.53. The van der Waals surface area contributed by atoms with Crippen LogP contribution in [0.4, 0.5) is 5.82 Å². The van der Waals surface area contributed by atoms with Gasteiger partial charge in [0.05, 0.1) is 15.2 Å². The Morgan fingerprint density at radius 1 is 1.22 bits per heavy atom. The highest BCUT2D eigenvalue weighted by molar-refractivity contribution is 7.18. The van der Waals surface area contributed by atoms with Crippen LogP contribution in [0.1, 0.15) is 10.6 Å². The van der Waals surface area contributed by atoms with Crippen molar-refractivity contribution in [3.05, 3.63) is 33.9 Å². The number of fused-ring (bicyclic) bond motifs is 1. The third-order valence-electron chi connectivity index (χ3n) is 2.65. The average Bonchev–Trinajstić information content (AvgIpc) is 3.01. The molecule has 0 fully saturated rings. The highest BCUT2D eigenvalue weighted by Gasteiger charge is 2.07. The smallest absolute Gasteiger partial charge is 0.147 e. The Bertz CT molecular complexity index is 645. The number of hydrogen-bond acceptors (Lipinski definition) is 6. The summed E-state index contributed by atoms with van der Waals surface area (Å²) in [4.78, 5) is 12.9. The van der Waals surface area contributed by atoms with Crippen LogP contribution < -0.4 is 5.32 Å². The van der Waals surface area contributed by atoms with Crippen LogP contribution in [-0.2, 0) is 6.42 Å². The van der Waals surface area contributed by atoms with E-state index in [9.17, 15) is 0 Å². The van der Waals surface area contributed by atoms with E-state index in [1.54, 1.807) is 29.0 Å². The molecule has 3 rings (SSSR count). The summed E-state index contributed by atoms with van der Waals surface area (Å²) in [5.74, 6) is 0.926.